The highest BCUT2D eigenvalue weighted by Crippen LogP contribution is 2.28. The summed E-state index contributed by atoms with van der Waals surface area (Å²) in [6, 6.07) is 5.29. The number of nitrogens with zero attached hydrogens (tertiary/aromatic N) is 1. The molecule has 0 aliphatic carbocycles. The van der Waals surface area contributed by atoms with Gasteiger partial charge in [0.25, 0.3) is 5.91 Å². The first-order chi connectivity index (χ1) is 13.8. The summed E-state index contributed by atoms with van der Waals surface area (Å²) in [7, 11) is 0. The van der Waals surface area contributed by atoms with Gasteiger partial charge in [0.2, 0.25) is 11.8 Å². The summed E-state index contributed by atoms with van der Waals surface area (Å²) < 4.78 is 6.05. The van der Waals surface area contributed by atoms with E-state index < -0.39 is 6.04 Å². The number of imide groups is 1. The molecule has 2 fully saturated rings. The monoisotopic (exact) mass is 400 g/mol. The average Bonchev–Trinajstić information content (AvgIpc) is 2.97. The van der Waals surface area contributed by atoms with Crippen molar-refractivity contribution >= 4 is 17.7 Å². The molecular formula is C21H28N4O4. The first-order valence-corrected chi connectivity index (χ1v) is 10.2. The minimum atomic E-state index is -0.575. The van der Waals surface area contributed by atoms with Crippen LogP contribution in [0, 0.1) is 0 Å². The van der Waals surface area contributed by atoms with Crippen molar-refractivity contribution in [2.45, 2.75) is 57.5 Å². The number of carbonyl (C=O) groups excluding carboxylic acids is 3. The van der Waals surface area contributed by atoms with E-state index in [0.717, 1.165) is 30.8 Å². The van der Waals surface area contributed by atoms with E-state index in [9.17, 15) is 14.4 Å². The molecule has 0 radical (unpaired) electrons. The van der Waals surface area contributed by atoms with Gasteiger partial charge in [-0.1, -0.05) is 12.1 Å². The molecule has 0 aromatic heterocycles. The van der Waals surface area contributed by atoms with Gasteiger partial charge in [0, 0.05) is 44.7 Å². The lowest BCUT2D eigenvalue weighted by atomic mass is 10.0. The summed E-state index contributed by atoms with van der Waals surface area (Å²) in [6.07, 6.45) is 0.753. The predicted octanol–water partition coefficient (Wildman–Crippen LogP) is 0.304. The highest BCUT2D eigenvalue weighted by Gasteiger charge is 2.39. The molecule has 3 heterocycles. The summed E-state index contributed by atoms with van der Waals surface area (Å²) in [5.74, 6) is -0.796. The van der Waals surface area contributed by atoms with Crippen LogP contribution in [0.2, 0.25) is 0 Å². The van der Waals surface area contributed by atoms with Crippen LogP contribution in [-0.2, 0) is 27.4 Å². The van der Waals surface area contributed by atoms with E-state index in [2.05, 4.69) is 29.8 Å². The molecule has 3 N–H and O–H groups in total. The molecule has 8 nitrogen and oxygen atoms in total. The average molecular weight is 400 g/mol. The number of morpholine rings is 1. The second-order valence-electron chi connectivity index (χ2n) is 8.65. The van der Waals surface area contributed by atoms with Crippen LogP contribution in [-0.4, -0.2) is 60.0 Å². The third-order valence-electron chi connectivity index (χ3n) is 5.70. The summed E-state index contributed by atoms with van der Waals surface area (Å²) in [5, 5.41) is 9.13. The fraction of sp³-hybridized carbons (Fsp3) is 0.571. The van der Waals surface area contributed by atoms with Crippen LogP contribution in [0.4, 0.5) is 0 Å². The quantitative estimate of drug-likeness (QED) is 0.615. The minimum Gasteiger partial charge on any atom is -0.368 e. The van der Waals surface area contributed by atoms with Gasteiger partial charge in [-0.05, 0) is 37.5 Å². The number of nitrogens with one attached hydrogen (secondary N) is 3. The molecular weight excluding hydrogens is 372 g/mol. The van der Waals surface area contributed by atoms with Crippen molar-refractivity contribution in [3.63, 3.8) is 0 Å². The second kappa shape index (κ2) is 7.85. The van der Waals surface area contributed by atoms with Crippen LogP contribution in [0.15, 0.2) is 18.2 Å². The number of ether oxygens (including phenoxy) is 1. The Kier molecular flexibility index (Phi) is 5.42. The zero-order valence-electron chi connectivity index (χ0n) is 16.9. The number of benzene rings is 1. The Morgan fingerprint density at radius 1 is 1.28 bits per heavy atom. The molecule has 3 amide bonds. The smallest absolute Gasteiger partial charge is 0.255 e. The zero-order chi connectivity index (χ0) is 20.6. The number of amides is 3. The lowest BCUT2D eigenvalue weighted by Crippen LogP contribution is -2.53. The predicted molar refractivity (Wildman–Crippen MR) is 106 cm³/mol. The van der Waals surface area contributed by atoms with E-state index in [4.69, 9.17) is 4.74 Å². The lowest BCUT2D eigenvalue weighted by Gasteiger charge is -2.36. The first-order valence-electron chi connectivity index (χ1n) is 10.2. The first kappa shape index (κ1) is 20.0. The maximum Gasteiger partial charge on any atom is 0.255 e. The molecule has 156 valence electrons. The van der Waals surface area contributed by atoms with Crippen molar-refractivity contribution in [2.24, 2.45) is 0 Å². The standard InChI is InChI=1S/C21H28N4O4/c1-21(2)12-23-10-15(29-21)9-22-8-13-3-4-14-11-25(20(28)16(14)7-13)17-5-6-18(26)24-19(17)27/h3-4,7,15,17,22-23H,5-6,8-12H2,1-2H3,(H,24,26,27). The topological polar surface area (TPSA) is 99.8 Å². The normalized spacial score (nSPS) is 26.4. The largest absolute Gasteiger partial charge is 0.368 e. The van der Waals surface area contributed by atoms with Gasteiger partial charge in [0.15, 0.2) is 0 Å². The summed E-state index contributed by atoms with van der Waals surface area (Å²) in [4.78, 5) is 38.0. The molecule has 1 aromatic carbocycles. The van der Waals surface area contributed by atoms with E-state index in [-0.39, 0.29) is 35.8 Å². The van der Waals surface area contributed by atoms with Gasteiger partial charge in [-0.3, -0.25) is 19.7 Å². The van der Waals surface area contributed by atoms with Crippen LogP contribution >= 0.6 is 0 Å². The molecule has 2 unspecified atom stereocenters. The number of rotatable bonds is 5. The van der Waals surface area contributed by atoms with Crippen molar-refractivity contribution in [1.29, 1.82) is 0 Å². The molecule has 0 bridgehead atoms. The highest BCUT2D eigenvalue weighted by molar-refractivity contribution is 6.05. The second-order valence-corrected chi connectivity index (χ2v) is 8.65. The van der Waals surface area contributed by atoms with Crippen molar-refractivity contribution in [1.82, 2.24) is 20.9 Å². The van der Waals surface area contributed by atoms with E-state index in [1.54, 1.807) is 4.90 Å². The molecule has 0 saturated carbocycles. The highest BCUT2D eigenvalue weighted by atomic mass is 16.5. The molecule has 2 atom stereocenters. The summed E-state index contributed by atoms with van der Waals surface area (Å²) in [5.41, 5.74) is 2.42. The Bertz CT molecular complexity index is 838. The Labute approximate surface area is 170 Å². The van der Waals surface area contributed by atoms with Crippen LogP contribution in [0.25, 0.3) is 0 Å². The molecule has 1 aromatic rings. The molecule has 3 aliphatic rings. The van der Waals surface area contributed by atoms with Crippen molar-refractivity contribution in [3.05, 3.63) is 34.9 Å². The SMILES string of the molecule is CC1(C)CNCC(CNCc2ccc3c(c2)C(=O)N(C2CCC(=O)NC2=O)C3)O1. The number of hydrogen-bond acceptors (Lipinski definition) is 6. The van der Waals surface area contributed by atoms with Crippen LogP contribution in [0.1, 0.15) is 48.2 Å². The summed E-state index contributed by atoms with van der Waals surface area (Å²) in [6.45, 7) is 7.59. The fourth-order valence-corrected chi connectivity index (χ4v) is 4.27. The third-order valence-corrected chi connectivity index (χ3v) is 5.70. The van der Waals surface area contributed by atoms with Gasteiger partial charge < -0.3 is 20.3 Å². The van der Waals surface area contributed by atoms with Crippen LogP contribution in [0.5, 0.6) is 0 Å². The van der Waals surface area contributed by atoms with E-state index >= 15 is 0 Å². The Morgan fingerprint density at radius 3 is 2.86 bits per heavy atom. The maximum absolute atomic E-state index is 12.9. The molecule has 2 saturated heterocycles. The van der Waals surface area contributed by atoms with Gasteiger partial charge in [-0.2, -0.15) is 0 Å². The molecule has 29 heavy (non-hydrogen) atoms. The minimum absolute atomic E-state index is 0.109. The number of hydrogen-bond donors (Lipinski definition) is 3. The Hall–Kier alpha value is -2.29. The Morgan fingerprint density at radius 2 is 2.10 bits per heavy atom. The van der Waals surface area contributed by atoms with Crippen LogP contribution in [0.3, 0.4) is 0 Å². The third kappa shape index (κ3) is 4.34. The molecule has 0 spiro atoms. The van der Waals surface area contributed by atoms with E-state index in [1.165, 1.54) is 0 Å². The maximum atomic E-state index is 12.9. The molecule has 8 heteroatoms. The number of fused-ring (bicyclic) bond motifs is 1. The Balaban J connectivity index is 1.35. The van der Waals surface area contributed by atoms with Crippen LogP contribution < -0.4 is 16.0 Å². The molecule has 4 rings (SSSR count). The van der Waals surface area contributed by atoms with Gasteiger partial charge >= 0.3 is 0 Å². The lowest BCUT2D eigenvalue weighted by molar-refractivity contribution is -0.136. The van der Waals surface area contributed by atoms with Crippen molar-refractivity contribution in [2.75, 3.05) is 19.6 Å². The van der Waals surface area contributed by atoms with Crippen molar-refractivity contribution < 1.29 is 19.1 Å². The number of carbonyl (C=O) groups is 3. The zero-order valence-corrected chi connectivity index (χ0v) is 16.9. The van der Waals surface area contributed by atoms with Gasteiger partial charge in [-0.15, -0.1) is 0 Å². The summed E-state index contributed by atoms with van der Waals surface area (Å²) >= 11 is 0. The van der Waals surface area contributed by atoms with Crippen molar-refractivity contribution in [3.8, 4) is 0 Å². The number of piperidine rings is 1. The van der Waals surface area contributed by atoms with Gasteiger partial charge in [-0.25, -0.2) is 0 Å². The van der Waals surface area contributed by atoms with E-state index in [0.29, 0.717) is 25.1 Å². The van der Waals surface area contributed by atoms with Gasteiger partial charge in [0.05, 0.1) is 11.7 Å². The fourth-order valence-electron chi connectivity index (χ4n) is 4.27. The van der Waals surface area contributed by atoms with Gasteiger partial charge in [0.1, 0.15) is 6.04 Å². The van der Waals surface area contributed by atoms with E-state index in [1.807, 2.05) is 18.2 Å². The molecule has 3 aliphatic heterocycles.